The van der Waals surface area contributed by atoms with Crippen LogP contribution < -0.4 is 4.74 Å². The molecule has 0 bridgehead atoms. The molecule has 1 aliphatic carbocycles. The Morgan fingerprint density at radius 3 is 2.26 bits per heavy atom. The van der Waals surface area contributed by atoms with Gasteiger partial charge >= 0.3 is 0 Å². The summed E-state index contributed by atoms with van der Waals surface area (Å²) in [4.78, 5) is 3.16. The van der Waals surface area contributed by atoms with Gasteiger partial charge in [-0.25, -0.2) is 0 Å². The molecule has 0 amide bonds. The standard InChI is InChI=1S/C16H18N2O/c1-16(2,3)12-4-8-14(9-5-12)19-15-10-6-13(18-17)7-11-15/h4-6,8-11H,7H2,1-3H3. The molecule has 1 aliphatic rings. The maximum Gasteiger partial charge on any atom is 0.296 e. The summed E-state index contributed by atoms with van der Waals surface area (Å²) in [5, 5.41) is 0. The average Bonchev–Trinajstić information content (AvgIpc) is 2.39. The molecule has 0 radical (unpaired) electrons. The Balaban J connectivity index is 2.07. The number of hydrogen-bond donors (Lipinski definition) is 0. The Kier molecular flexibility index (Phi) is 3.68. The zero-order chi connectivity index (χ0) is 13.9. The number of rotatable bonds is 2. The summed E-state index contributed by atoms with van der Waals surface area (Å²) in [5.41, 5.74) is 10.7. The molecular formula is C16H18N2O. The first-order valence-electron chi connectivity index (χ1n) is 6.36. The summed E-state index contributed by atoms with van der Waals surface area (Å²) in [6.45, 7) is 6.56. The van der Waals surface area contributed by atoms with Gasteiger partial charge in [0.05, 0.1) is 6.42 Å². The van der Waals surface area contributed by atoms with Crippen LogP contribution >= 0.6 is 0 Å². The summed E-state index contributed by atoms with van der Waals surface area (Å²) >= 11 is 0. The fourth-order valence-corrected chi connectivity index (χ4v) is 1.83. The van der Waals surface area contributed by atoms with Crippen LogP contribution in [-0.4, -0.2) is 10.5 Å². The van der Waals surface area contributed by atoms with Crippen molar-refractivity contribution in [2.75, 3.05) is 0 Å². The number of ether oxygens (including phenoxy) is 1. The molecular weight excluding hydrogens is 236 g/mol. The van der Waals surface area contributed by atoms with Crippen molar-refractivity contribution in [2.45, 2.75) is 32.6 Å². The molecule has 0 atom stereocenters. The fraction of sp³-hybridized carbons (Fsp3) is 0.312. The molecule has 0 spiro atoms. The Morgan fingerprint density at radius 2 is 1.79 bits per heavy atom. The molecule has 2 rings (SSSR count). The Bertz CT molecular complexity index is 568. The molecule has 0 aliphatic heterocycles. The van der Waals surface area contributed by atoms with E-state index < -0.39 is 0 Å². The summed E-state index contributed by atoms with van der Waals surface area (Å²) in [6, 6.07) is 8.13. The van der Waals surface area contributed by atoms with Crippen LogP contribution in [0.3, 0.4) is 0 Å². The van der Waals surface area contributed by atoms with E-state index >= 15 is 0 Å². The van der Waals surface area contributed by atoms with E-state index in [0.29, 0.717) is 12.1 Å². The highest BCUT2D eigenvalue weighted by atomic mass is 16.5. The van der Waals surface area contributed by atoms with Crippen LogP contribution in [0.2, 0.25) is 0 Å². The highest BCUT2D eigenvalue weighted by molar-refractivity contribution is 5.92. The molecule has 0 saturated carbocycles. The van der Waals surface area contributed by atoms with Gasteiger partial charge < -0.3 is 10.3 Å². The maximum atomic E-state index is 8.64. The molecule has 0 unspecified atom stereocenters. The van der Waals surface area contributed by atoms with Crippen molar-refractivity contribution in [1.29, 1.82) is 0 Å². The predicted octanol–water partition coefficient (Wildman–Crippen LogP) is 3.88. The molecule has 3 heteroatoms. The predicted molar refractivity (Wildman–Crippen MR) is 76.2 cm³/mol. The van der Waals surface area contributed by atoms with E-state index in [9.17, 15) is 0 Å². The Labute approximate surface area is 113 Å². The van der Waals surface area contributed by atoms with E-state index in [1.807, 2.05) is 18.2 Å². The van der Waals surface area contributed by atoms with Crippen LogP contribution in [0, 0.1) is 0 Å². The van der Waals surface area contributed by atoms with Crippen LogP contribution in [0.15, 0.2) is 48.3 Å². The van der Waals surface area contributed by atoms with Gasteiger partial charge in [-0.15, -0.1) is 0 Å². The van der Waals surface area contributed by atoms with Crippen LogP contribution in [-0.2, 0) is 5.41 Å². The highest BCUT2D eigenvalue weighted by Gasteiger charge is 2.14. The lowest BCUT2D eigenvalue weighted by molar-refractivity contribution is -0.00549. The summed E-state index contributed by atoms with van der Waals surface area (Å²) in [5.74, 6) is 1.59. The maximum absolute atomic E-state index is 8.64. The lowest BCUT2D eigenvalue weighted by atomic mass is 9.87. The monoisotopic (exact) mass is 254 g/mol. The number of allylic oxidation sites excluding steroid dienone is 3. The molecule has 1 aromatic carbocycles. The van der Waals surface area contributed by atoms with Gasteiger partial charge in [-0.05, 0) is 35.3 Å². The van der Waals surface area contributed by atoms with Gasteiger partial charge in [-0.2, -0.15) is 4.79 Å². The van der Waals surface area contributed by atoms with Crippen molar-refractivity contribution in [3.8, 4) is 5.75 Å². The first-order valence-corrected chi connectivity index (χ1v) is 6.36. The van der Waals surface area contributed by atoms with Gasteiger partial charge in [0.25, 0.3) is 5.71 Å². The second-order valence-corrected chi connectivity index (χ2v) is 5.61. The summed E-state index contributed by atoms with van der Waals surface area (Å²) in [7, 11) is 0. The molecule has 98 valence electrons. The molecule has 3 nitrogen and oxygen atoms in total. The number of benzene rings is 1. The van der Waals surface area contributed by atoms with Gasteiger partial charge in [0.2, 0.25) is 0 Å². The quantitative estimate of drug-likeness (QED) is 0.583. The molecule has 1 aromatic rings. The van der Waals surface area contributed by atoms with Gasteiger partial charge in [0.1, 0.15) is 11.5 Å². The van der Waals surface area contributed by atoms with Crippen molar-refractivity contribution in [3.05, 3.63) is 59.3 Å². The third kappa shape index (κ3) is 3.43. The largest absolute Gasteiger partial charge is 0.458 e. The van der Waals surface area contributed by atoms with Gasteiger partial charge in [-0.1, -0.05) is 32.9 Å². The van der Waals surface area contributed by atoms with E-state index in [1.165, 1.54) is 5.56 Å². The van der Waals surface area contributed by atoms with Crippen LogP contribution in [0.4, 0.5) is 0 Å². The van der Waals surface area contributed by atoms with Crippen LogP contribution in [0.1, 0.15) is 32.8 Å². The van der Waals surface area contributed by atoms with E-state index in [0.717, 1.165) is 11.5 Å². The second-order valence-electron chi connectivity index (χ2n) is 5.61. The van der Waals surface area contributed by atoms with E-state index in [-0.39, 0.29) is 5.41 Å². The molecule has 0 fully saturated rings. The summed E-state index contributed by atoms with van der Waals surface area (Å²) < 4.78 is 5.75. The normalized spacial score (nSPS) is 14.9. The number of hydrogen-bond acceptors (Lipinski definition) is 1. The lowest BCUT2D eigenvalue weighted by Gasteiger charge is -2.19. The number of nitrogens with zero attached hydrogens (tertiary/aromatic N) is 2. The molecule has 0 saturated heterocycles. The molecule has 19 heavy (non-hydrogen) atoms. The topological polar surface area (TPSA) is 45.6 Å². The molecule has 0 heterocycles. The van der Waals surface area contributed by atoms with Crippen molar-refractivity contribution < 1.29 is 9.53 Å². The first kappa shape index (κ1) is 13.3. The second kappa shape index (κ2) is 5.25. The van der Waals surface area contributed by atoms with Gasteiger partial charge in [-0.3, -0.25) is 0 Å². The fourth-order valence-electron chi connectivity index (χ4n) is 1.83. The van der Waals surface area contributed by atoms with E-state index in [2.05, 4.69) is 37.7 Å². The van der Waals surface area contributed by atoms with Crippen LogP contribution in [0.25, 0.3) is 5.53 Å². The highest BCUT2D eigenvalue weighted by Crippen LogP contribution is 2.25. The third-order valence-electron chi connectivity index (χ3n) is 3.04. The Hall–Kier alpha value is -2.12. The Morgan fingerprint density at radius 1 is 1.11 bits per heavy atom. The van der Waals surface area contributed by atoms with Crippen LogP contribution in [0.5, 0.6) is 5.75 Å². The minimum Gasteiger partial charge on any atom is -0.458 e. The smallest absolute Gasteiger partial charge is 0.296 e. The lowest BCUT2D eigenvalue weighted by Crippen LogP contribution is -2.10. The molecule has 0 aromatic heterocycles. The van der Waals surface area contributed by atoms with E-state index in [1.54, 1.807) is 12.2 Å². The zero-order valence-electron chi connectivity index (χ0n) is 11.6. The third-order valence-corrected chi connectivity index (χ3v) is 3.04. The van der Waals surface area contributed by atoms with Crippen molar-refractivity contribution in [3.63, 3.8) is 0 Å². The van der Waals surface area contributed by atoms with Crippen molar-refractivity contribution in [2.24, 2.45) is 0 Å². The van der Waals surface area contributed by atoms with E-state index in [4.69, 9.17) is 10.3 Å². The van der Waals surface area contributed by atoms with Crippen molar-refractivity contribution >= 4 is 5.71 Å². The average molecular weight is 254 g/mol. The SMILES string of the molecule is CC(C)(C)c1ccc(OC2=CCC(=[N+]=[N-])C=C2)cc1. The molecule has 0 N–H and O–H groups in total. The first-order chi connectivity index (χ1) is 8.99. The van der Waals surface area contributed by atoms with Gasteiger partial charge in [0.15, 0.2) is 0 Å². The minimum atomic E-state index is 0.148. The summed E-state index contributed by atoms with van der Waals surface area (Å²) in [6.07, 6.45) is 6.03. The van der Waals surface area contributed by atoms with Gasteiger partial charge in [0, 0.05) is 6.08 Å². The van der Waals surface area contributed by atoms with Crippen molar-refractivity contribution in [1.82, 2.24) is 0 Å². The minimum absolute atomic E-state index is 0.148. The zero-order valence-corrected chi connectivity index (χ0v) is 11.6.